The zero-order chi connectivity index (χ0) is 20.4. The number of rotatable bonds is 5. The first kappa shape index (κ1) is 20.4. The van der Waals surface area contributed by atoms with Crippen LogP contribution in [-0.4, -0.2) is 50.1 Å². The molecule has 1 aromatic carbocycles. The second kappa shape index (κ2) is 8.36. The SMILES string of the molecule is Nc1nc(Cl)c(/C=C/c2cc(F)cc(F)c2)c(N[C@@H]2C[C@H](CO)[C@@H](O)[C@H]2O)n1. The zero-order valence-electron chi connectivity index (χ0n) is 14.6. The fraction of sp³-hybridized carbons (Fsp3) is 0.333. The molecule has 2 aromatic rings. The highest BCUT2D eigenvalue weighted by atomic mass is 35.5. The molecule has 0 saturated heterocycles. The predicted molar refractivity (Wildman–Crippen MR) is 101 cm³/mol. The van der Waals surface area contributed by atoms with E-state index in [0.717, 1.165) is 18.2 Å². The fourth-order valence-electron chi connectivity index (χ4n) is 3.19. The summed E-state index contributed by atoms with van der Waals surface area (Å²) in [6, 6.07) is 2.42. The molecule has 4 atom stereocenters. The van der Waals surface area contributed by atoms with Gasteiger partial charge in [0.05, 0.1) is 17.7 Å². The van der Waals surface area contributed by atoms with Crippen molar-refractivity contribution >= 4 is 35.5 Å². The van der Waals surface area contributed by atoms with E-state index < -0.39 is 35.8 Å². The lowest BCUT2D eigenvalue weighted by Gasteiger charge is -2.20. The van der Waals surface area contributed by atoms with Crippen LogP contribution in [0.2, 0.25) is 5.15 Å². The molecule has 10 heteroatoms. The van der Waals surface area contributed by atoms with Crippen LogP contribution < -0.4 is 11.1 Å². The highest BCUT2D eigenvalue weighted by molar-refractivity contribution is 6.31. The Labute approximate surface area is 164 Å². The minimum absolute atomic E-state index is 0.00475. The number of halogens is 3. The number of hydrogen-bond donors (Lipinski definition) is 5. The van der Waals surface area contributed by atoms with Gasteiger partial charge < -0.3 is 26.4 Å². The van der Waals surface area contributed by atoms with E-state index in [1.54, 1.807) is 0 Å². The molecule has 0 aliphatic heterocycles. The largest absolute Gasteiger partial charge is 0.396 e. The third-order valence-electron chi connectivity index (χ3n) is 4.60. The Kier molecular flexibility index (Phi) is 6.09. The Bertz CT molecular complexity index is 879. The van der Waals surface area contributed by atoms with Gasteiger partial charge in [0.15, 0.2) is 0 Å². The summed E-state index contributed by atoms with van der Waals surface area (Å²) in [5.41, 5.74) is 6.19. The molecule has 0 amide bonds. The van der Waals surface area contributed by atoms with Gasteiger partial charge in [0.1, 0.15) is 28.7 Å². The van der Waals surface area contributed by atoms with Crippen LogP contribution in [0, 0.1) is 17.6 Å². The van der Waals surface area contributed by atoms with Crippen molar-refractivity contribution < 1.29 is 24.1 Å². The summed E-state index contributed by atoms with van der Waals surface area (Å²) in [5.74, 6) is -1.88. The molecule has 0 unspecified atom stereocenters. The molecule has 28 heavy (non-hydrogen) atoms. The molecule has 1 aromatic heterocycles. The third-order valence-corrected chi connectivity index (χ3v) is 4.89. The second-order valence-electron chi connectivity index (χ2n) is 6.58. The van der Waals surface area contributed by atoms with Crippen molar-refractivity contribution in [2.45, 2.75) is 24.7 Å². The predicted octanol–water partition coefficient (Wildman–Crippen LogP) is 1.68. The minimum atomic E-state index is -1.14. The number of hydrogen-bond acceptors (Lipinski definition) is 7. The summed E-state index contributed by atoms with van der Waals surface area (Å²) in [5, 5.41) is 32.4. The van der Waals surface area contributed by atoms with Gasteiger partial charge in [0.2, 0.25) is 5.95 Å². The van der Waals surface area contributed by atoms with Gasteiger partial charge in [-0.25, -0.2) is 13.8 Å². The molecular formula is C18H19ClF2N4O3. The lowest BCUT2D eigenvalue weighted by Crippen LogP contribution is -2.35. The quantitative estimate of drug-likeness (QED) is 0.473. The van der Waals surface area contributed by atoms with Crippen molar-refractivity contribution in [2.24, 2.45) is 5.92 Å². The first-order chi connectivity index (χ1) is 13.3. The lowest BCUT2D eigenvalue weighted by molar-refractivity contribution is 0.00445. The molecule has 7 nitrogen and oxygen atoms in total. The van der Waals surface area contributed by atoms with Crippen molar-refractivity contribution in [3.05, 3.63) is 46.1 Å². The topological polar surface area (TPSA) is 125 Å². The summed E-state index contributed by atoms with van der Waals surface area (Å²) in [7, 11) is 0. The summed E-state index contributed by atoms with van der Waals surface area (Å²) < 4.78 is 26.7. The zero-order valence-corrected chi connectivity index (χ0v) is 15.3. The number of nitrogens with two attached hydrogens (primary N) is 1. The van der Waals surface area contributed by atoms with Gasteiger partial charge in [-0.1, -0.05) is 17.7 Å². The second-order valence-corrected chi connectivity index (χ2v) is 6.94. The maximum Gasteiger partial charge on any atom is 0.223 e. The highest BCUT2D eigenvalue weighted by Gasteiger charge is 2.41. The summed E-state index contributed by atoms with van der Waals surface area (Å²) >= 11 is 6.15. The molecule has 150 valence electrons. The summed E-state index contributed by atoms with van der Waals surface area (Å²) in [6.45, 7) is -0.277. The van der Waals surface area contributed by atoms with Gasteiger partial charge in [-0.05, 0) is 30.2 Å². The third kappa shape index (κ3) is 4.39. The molecule has 3 rings (SSSR count). The van der Waals surface area contributed by atoms with Gasteiger partial charge in [0.25, 0.3) is 0 Å². The van der Waals surface area contributed by atoms with E-state index in [-0.39, 0.29) is 34.7 Å². The monoisotopic (exact) mass is 412 g/mol. The van der Waals surface area contributed by atoms with Crippen LogP contribution in [-0.2, 0) is 0 Å². The van der Waals surface area contributed by atoms with E-state index in [0.29, 0.717) is 6.42 Å². The summed E-state index contributed by atoms with van der Waals surface area (Å²) in [6.07, 6.45) is 0.944. The van der Waals surface area contributed by atoms with E-state index in [1.165, 1.54) is 12.2 Å². The number of nitrogens with one attached hydrogen (secondary N) is 1. The fourth-order valence-corrected chi connectivity index (χ4v) is 3.43. The maximum atomic E-state index is 13.4. The Balaban J connectivity index is 1.91. The lowest BCUT2D eigenvalue weighted by atomic mass is 10.1. The number of anilines is 2. The molecule has 1 saturated carbocycles. The smallest absolute Gasteiger partial charge is 0.223 e. The number of aromatic nitrogens is 2. The first-order valence-corrected chi connectivity index (χ1v) is 8.87. The number of benzene rings is 1. The number of aliphatic hydroxyl groups is 3. The van der Waals surface area contributed by atoms with Crippen molar-refractivity contribution in [3.63, 3.8) is 0 Å². The van der Waals surface area contributed by atoms with Crippen LogP contribution in [0.3, 0.4) is 0 Å². The molecule has 1 aliphatic carbocycles. The molecule has 0 bridgehead atoms. The van der Waals surface area contributed by atoms with Gasteiger partial charge in [-0.3, -0.25) is 0 Å². The Morgan fingerprint density at radius 3 is 2.43 bits per heavy atom. The van der Waals surface area contributed by atoms with Gasteiger partial charge in [-0.2, -0.15) is 4.98 Å². The molecule has 0 spiro atoms. The van der Waals surface area contributed by atoms with E-state index in [1.807, 2.05) is 0 Å². The standard InChI is InChI=1S/C18H19ClF2N4O3/c19-16-12(2-1-8-3-10(20)6-11(21)4-8)17(25-18(22)24-16)23-13-5-9(7-26)14(27)15(13)28/h1-4,6,9,13-15,26-28H,5,7H2,(H3,22,23,24,25)/b2-1+/t9-,13-,14-,15+/m1/s1. The molecule has 6 N–H and O–H groups in total. The number of nitrogens with zero attached hydrogens (tertiary/aromatic N) is 2. The van der Waals surface area contributed by atoms with E-state index in [4.69, 9.17) is 17.3 Å². The molecule has 1 heterocycles. The van der Waals surface area contributed by atoms with E-state index in [9.17, 15) is 24.1 Å². The average molecular weight is 413 g/mol. The average Bonchev–Trinajstić information content (AvgIpc) is 2.88. The van der Waals surface area contributed by atoms with Gasteiger partial charge in [0, 0.05) is 18.6 Å². The van der Waals surface area contributed by atoms with Crippen LogP contribution in [0.5, 0.6) is 0 Å². The van der Waals surface area contributed by atoms with Crippen LogP contribution in [0.25, 0.3) is 12.2 Å². The Morgan fingerprint density at radius 1 is 1.14 bits per heavy atom. The van der Waals surface area contributed by atoms with Crippen molar-refractivity contribution in [3.8, 4) is 0 Å². The number of aliphatic hydroxyl groups excluding tert-OH is 3. The van der Waals surface area contributed by atoms with Crippen molar-refractivity contribution in [2.75, 3.05) is 17.7 Å². The van der Waals surface area contributed by atoms with Crippen molar-refractivity contribution in [1.29, 1.82) is 0 Å². The molecule has 0 radical (unpaired) electrons. The van der Waals surface area contributed by atoms with Crippen LogP contribution in [0.15, 0.2) is 18.2 Å². The van der Waals surface area contributed by atoms with E-state index >= 15 is 0 Å². The van der Waals surface area contributed by atoms with E-state index in [2.05, 4.69) is 15.3 Å². The van der Waals surface area contributed by atoms with Crippen LogP contribution >= 0.6 is 11.6 Å². The maximum absolute atomic E-state index is 13.4. The normalized spacial score (nSPS) is 24.8. The number of nitrogen functional groups attached to an aromatic ring is 1. The highest BCUT2D eigenvalue weighted by Crippen LogP contribution is 2.31. The Morgan fingerprint density at radius 2 is 1.82 bits per heavy atom. The van der Waals surface area contributed by atoms with Gasteiger partial charge in [-0.15, -0.1) is 0 Å². The van der Waals surface area contributed by atoms with Crippen LogP contribution in [0.1, 0.15) is 17.5 Å². The molecular weight excluding hydrogens is 394 g/mol. The first-order valence-electron chi connectivity index (χ1n) is 8.49. The van der Waals surface area contributed by atoms with Crippen LogP contribution in [0.4, 0.5) is 20.5 Å². The van der Waals surface area contributed by atoms with Crippen molar-refractivity contribution in [1.82, 2.24) is 9.97 Å². The summed E-state index contributed by atoms with van der Waals surface area (Å²) in [4.78, 5) is 7.93. The molecule has 1 aliphatic rings. The minimum Gasteiger partial charge on any atom is -0.396 e. The Hall–Kier alpha value is -2.33. The van der Waals surface area contributed by atoms with Gasteiger partial charge >= 0.3 is 0 Å². The molecule has 1 fully saturated rings.